The predicted molar refractivity (Wildman–Crippen MR) is 90.7 cm³/mol. The Morgan fingerprint density at radius 3 is 2.81 bits per heavy atom. The van der Waals surface area contributed by atoms with E-state index < -0.39 is 0 Å². The highest BCUT2D eigenvalue weighted by Gasteiger charge is 2.09. The van der Waals surface area contributed by atoms with Crippen LogP contribution in [0.25, 0.3) is 21.1 Å². The first-order valence-corrected chi connectivity index (χ1v) is 8.06. The van der Waals surface area contributed by atoms with E-state index in [2.05, 4.69) is 15.6 Å². The van der Waals surface area contributed by atoms with E-state index in [0.717, 1.165) is 28.0 Å². The van der Waals surface area contributed by atoms with Crippen molar-refractivity contribution in [2.45, 2.75) is 6.54 Å². The molecule has 2 aromatic carbocycles. The van der Waals surface area contributed by atoms with E-state index in [1.807, 2.05) is 36.5 Å². The van der Waals surface area contributed by atoms with E-state index in [1.165, 1.54) is 4.70 Å². The Kier molecular flexibility index (Phi) is 3.14. The van der Waals surface area contributed by atoms with Gasteiger partial charge in [-0.3, -0.25) is 0 Å². The molecule has 0 saturated heterocycles. The molecule has 0 bridgehead atoms. The van der Waals surface area contributed by atoms with E-state index in [4.69, 9.17) is 23.2 Å². The number of halogens is 2. The van der Waals surface area contributed by atoms with Gasteiger partial charge < -0.3 is 4.57 Å². The van der Waals surface area contributed by atoms with E-state index in [9.17, 15) is 0 Å². The molecule has 4 aromatic rings. The molecule has 0 unspecified atom stereocenters. The normalized spacial score (nSPS) is 11.5. The Labute approximate surface area is 135 Å². The second-order valence-corrected chi connectivity index (χ2v) is 6.80. The average Bonchev–Trinajstić information content (AvgIpc) is 3.03. The topological polar surface area (TPSA) is 17.8 Å². The van der Waals surface area contributed by atoms with Crippen LogP contribution >= 0.6 is 34.5 Å². The van der Waals surface area contributed by atoms with Crippen LogP contribution in [0.1, 0.15) is 5.01 Å². The molecule has 2 aromatic heterocycles. The van der Waals surface area contributed by atoms with Crippen molar-refractivity contribution >= 4 is 55.7 Å². The van der Waals surface area contributed by atoms with Crippen LogP contribution in [-0.4, -0.2) is 9.55 Å². The number of fused-ring (bicyclic) bond motifs is 2. The molecule has 2 nitrogen and oxygen atoms in total. The van der Waals surface area contributed by atoms with E-state index >= 15 is 0 Å². The second kappa shape index (κ2) is 5.02. The number of para-hydroxylation sites is 1. The van der Waals surface area contributed by atoms with Gasteiger partial charge in [0.15, 0.2) is 0 Å². The lowest BCUT2D eigenvalue weighted by atomic mass is 10.2. The van der Waals surface area contributed by atoms with Crippen molar-refractivity contribution in [3.63, 3.8) is 0 Å². The molecule has 4 rings (SSSR count). The molecule has 104 valence electrons. The summed E-state index contributed by atoms with van der Waals surface area (Å²) in [4.78, 5) is 4.67. The zero-order valence-electron chi connectivity index (χ0n) is 10.9. The molecule has 5 heteroatoms. The summed E-state index contributed by atoms with van der Waals surface area (Å²) in [5, 5.41) is 3.42. The summed E-state index contributed by atoms with van der Waals surface area (Å²) >= 11 is 14.1. The van der Waals surface area contributed by atoms with Gasteiger partial charge in [0.2, 0.25) is 0 Å². The fraction of sp³-hybridized carbons (Fsp3) is 0.0625. The Bertz CT molecular complexity index is 922. The fourth-order valence-corrected chi connectivity index (χ4v) is 4.00. The Hall–Kier alpha value is -1.55. The molecular weight excluding hydrogens is 323 g/mol. The maximum absolute atomic E-state index is 6.23. The van der Waals surface area contributed by atoms with Crippen LogP contribution in [0.5, 0.6) is 0 Å². The van der Waals surface area contributed by atoms with Gasteiger partial charge in [-0.2, -0.15) is 0 Å². The highest BCUT2D eigenvalue weighted by molar-refractivity contribution is 7.18. The number of thiazole rings is 1. The van der Waals surface area contributed by atoms with E-state index in [-0.39, 0.29) is 0 Å². The summed E-state index contributed by atoms with van der Waals surface area (Å²) in [6.07, 6.45) is 2.03. The molecule has 0 spiro atoms. The first-order valence-electron chi connectivity index (χ1n) is 6.49. The molecule has 0 amide bonds. The Morgan fingerprint density at radius 2 is 1.95 bits per heavy atom. The van der Waals surface area contributed by atoms with Crippen molar-refractivity contribution in [3.05, 3.63) is 63.7 Å². The van der Waals surface area contributed by atoms with Crippen LogP contribution in [0.15, 0.2) is 48.7 Å². The lowest BCUT2D eigenvalue weighted by Gasteiger charge is -2.04. The summed E-state index contributed by atoms with van der Waals surface area (Å²) in [7, 11) is 0. The second-order valence-electron chi connectivity index (χ2n) is 4.84. The van der Waals surface area contributed by atoms with Crippen molar-refractivity contribution in [1.29, 1.82) is 0 Å². The fourth-order valence-electron chi connectivity index (χ4n) is 2.49. The third kappa shape index (κ3) is 2.31. The maximum atomic E-state index is 6.23. The molecule has 2 heterocycles. The van der Waals surface area contributed by atoms with Crippen molar-refractivity contribution in [2.24, 2.45) is 0 Å². The molecule has 0 atom stereocenters. The number of nitrogens with zero attached hydrogens (tertiary/aromatic N) is 2. The van der Waals surface area contributed by atoms with Gasteiger partial charge in [-0.25, -0.2) is 4.98 Å². The largest absolute Gasteiger partial charge is 0.341 e. The SMILES string of the molecule is Clc1cc(Cl)c2ccn(Cc3nc4ccccc4s3)c2c1. The van der Waals surface area contributed by atoms with Gasteiger partial charge in [-0.15, -0.1) is 11.3 Å². The minimum absolute atomic E-state index is 0.650. The van der Waals surface area contributed by atoms with Gasteiger partial charge in [-0.05, 0) is 30.3 Å². The Morgan fingerprint density at radius 1 is 1.10 bits per heavy atom. The van der Waals surface area contributed by atoms with Gasteiger partial charge in [0.1, 0.15) is 5.01 Å². The van der Waals surface area contributed by atoms with Crippen LogP contribution in [-0.2, 0) is 6.54 Å². The standard InChI is InChI=1S/C16H10Cl2N2S/c17-10-7-12(18)11-5-6-20(14(11)8-10)9-16-19-13-3-1-2-4-15(13)21-16/h1-8H,9H2. The third-order valence-corrected chi connectivity index (χ3v) is 5.00. The van der Waals surface area contributed by atoms with Crippen molar-refractivity contribution in [1.82, 2.24) is 9.55 Å². The smallest absolute Gasteiger partial charge is 0.114 e. The first kappa shape index (κ1) is 13.1. The molecule has 0 aliphatic carbocycles. The minimum Gasteiger partial charge on any atom is -0.341 e. The number of rotatable bonds is 2. The van der Waals surface area contributed by atoms with Gasteiger partial charge >= 0.3 is 0 Å². The van der Waals surface area contributed by atoms with Crippen molar-refractivity contribution < 1.29 is 0 Å². The first-order chi connectivity index (χ1) is 10.2. The molecule has 21 heavy (non-hydrogen) atoms. The van der Waals surface area contributed by atoms with Gasteiger partial charge in [0, 0.05) is 16.6 Å². The highest BCUT2D eigenvalue weighted by atomic mass is 35.5. The van der Waals surface area contributed by atoms with Gasteiger partial charge in [-0.1, -0.05) is 35.3 Å². The zero-order valence-corrected chi connectivity index (χ0v) is 13.2. The van der Waals surface area contributed by atoms with Gasteiger partial charge in [0.05, 0.1) is 27.3 Å². The van der Waals surface area contributed by atoms with E-state index in [1.54, 1.807) is 17.4 Å². The van der Waals surface area contributed by atoms with Crippen LogP contribution in [0.3, 0.4) is 0 Å². The minimum atomic E-state index is 0.650. The lowest BCUT2D eigenvalue weighted by molar-refractivity contribution is 0.831. The number of benzene rings is 2. The lowest BCUT2D eigenvalue weighted by Crippen LogP contribution is -1.97. The summed E-state index contributed by atoms with van der Waals surface area (Å²) in [6.45, 7) is 0.722. The van der Waals surface area contributed by atoms with Crippen LogP contribution in [0, 0.1) is 0 Å². The van der Waals surface area contributed by atoms with Crippen LogP contribution < -0.4 is 0 Å². The van der Waals surface area contributed by atoms with Crippen molar-refractivity contribution in [2.75, 3.05) is 0 Å². The average molecular weight is 333 g/mol. The Balaban J connectivity index is 1.80. The molecule has 0 aliphatic rings. The summed E-state index contributed by atoms with van der Waals surface area (Å²) in [5.74, 6) is 0. The zero-order chi connectivity index (χ0) is 14.4. The summed E-state index contributed by atoms with van der Waals surface area (Å²) < 4.78 is 3.34. The van der Waals surface area contributed by atoms with Gasteiger partial charge in [0.25, 0.3) is 0 Å². The maximum Gasteiger partial charge on any atom is 0.114 e. The van der Waals surface area contributed by atoms with Crippen LogP contribution in [0.2, 0.25) is 10.0 Å². The molecule has 0 fully saturated rings. The molecule has 0 radical (unpaired) electrons. The number of hydrogen-bond donors (Lipinski definition) is 0. The summed E-state index contributed by atoms with van der Waals surface area (Å²) in [5.41, 5.74) is 2.08. The molecule has 0 N–H and O–H groups in total. The third-order valence-electron chi connectivity index (χ3n) is 3.45. The highest BCUT2D eigenvalue weighted by Crippen LogP contribution is 2.30. The summed E-state index contributed by atoms with van der Waals surface area (Å²) in [6, 6.07) is 13.9. The molecule has 0 aliphatic heterocycles. The molecule has 0 saturated carbocycles. The quantitative estimate of drug-likeness (QED) is 0.466. The van der Waals surface area contributed by atoms with Crippen molar-refractivity contribution in [3.8, 4) is 0 Å². The van der Waals surface area contributed by atoms with Crippen LogP contribution in [0.4, 0.5) is 0 Å². The van der Waals surface area contributed by atoms with E-state index in [0.29, 0.717) is 10.0 Å². The predicted octanol–water partition coefficient (Wildman–Crippen LogP) is 5.61. The molecular formula is C16H10Cl2N2S. The monoisotopic (exact) mass is 332 g/mol. The number of aromatic nitrogens is 2. The number of hydrogen-bond acceptors (Lipinski definition) is 2.